The standard InChI is InChI=1S/C10H14NO3P/c1-2-8-11(12)10(15(13)14)9-6-4-3-5-7-9/h2-7,10,12,15H,1,8H2,(H,13,14). The molecule has 1 rings (SSSR count). The molecule has 0 saturated heterocycles. The number of nitrogens with zero attached hydrogens (tertiary/aromatic N) is 1. The molecule has 0 saturated carbocycles. The molecule has 1 aromatic carbocycles. The zero-order valence-corrected chi connectivity index (χ0v) is 9.21. The SMILES string of the molecule is C=CCN(O)C(c1ccccc1)[PH](=O)O. The average molecular weight is 227 g/mol. The van der Waals surface area contributed by atoms with Crippen LogP contribution in [0.3, 0.4) is 0 Å². The maximum atomic E-state index is 11.2. The fraction of sp³-hybridized carbons (Fsp3) is 0.200. The van der Waals surface area contributed by atoms with Gasteiger partial charge in [-0.05, 0) is 5.56 Å². The highest BCUT2D eigenvalue weighted by molar-refractivity contribution is 7.38. The minimum Gasteiger partial charge on any atom is -0.345 e. The van der Waals surface area contributed by atoms with Crippen molar-refractivity contribution in [1.29, 1.82) is 0 Å². The Kier molecular flexibility index (Phi) is 4.72. The number of hydrogen-bond donors (Lipinski definition) is 2. The summed E-state index contributed by atoms with van der Waals surface area (Å²) in [5.74, 6) is -0.866. The number of hydroxylamine groups is 2. The highest BCUT2D eigenvalue weighted by Crippen LogP contribution is 2.39. The van der Waals surface area contributed by atoms with Crippen LogP contribution in [0.25, 0.3) is 0 Å². The first-order valence-corrected chi connectivity index (χ1v) is 5.94. The molecule has 0 fully saturated rings. The van der Waals surface area contributed by atoms with Gasteiger partial charge in [0.25, 0.3) is 0 Å². The van der Waals surface area contributed by atoms with Crippen molar-refractivity contribution in [1.82, 2.24) is 5.06 Å². The van der Waals surface area contributed by atoms with Crippen molar-refractivity contribution in [2.45, 2.75) is 5.78 Å². The smallest absolute Gasteiger partial charge is 0.212 e. The van der Waals surface area contributed by atoms with Crippen LogP contribution in [0.2, 0.25) is 0 Å². The number of hydrogen-bond acceptors (Lipinski definition) is 3. The van der Waals surface area contributed by atoms with Crippen LogP contribution in [0.5, 0.6) is 0 Å². The Morgan fingerprint density at radius 2 is 2.07 bits per heavy atom. The van der Waals surface area contributed by atoms with Gasteiger partial charge in [-0.1, -0.05) is 36.4 Å². The van der Waals surface area contributed by atoms with Crippen LogP contribution in [0.4, 0.5) is 0 Å². The summed E-state index contributed by atoms with van der Waals surface area (Å²) < 4.78 is 11.2. The number of rotatable bonds is 5. The van der Waals surface area contributed by atoms with Crippen molar-refractivity contribution in [3.05, 3.63) is 48.6 Å². The summed E-state index contributed by atoms with van der Waals surface area (Å²) in [7, 11) is -2.87. The predicted octanol–water partition coefficient (Wildman–Crippen LogP) is 2.03. The summed E-state index contributed by atoms with van der Waals surface area (Å²) in [4.78, 5) is 9.17. The number of benzene rings is 1. The molecule has 0 aliphatic heterocycles. The van der Waals surface area contributed by atoms with Crippen LogP contribution in [-0.4, -0.2) is 21.7 Å². The van der Waals surface area contributed by atoms with Gasteiger partial charge in [0.15, 0.2) is 0 Å². The molecule has 0 bridgehead atoms. The maximum Gasteiger partial charge on any atom is 0.212 e. The maximum absolute atomic E-state index is 11.2. The lowest BCUT2D eigenvalue weighted by Crippen LogP contribution is -2.23. The second-order valence-electron chi connectivity index (χ2n) is 3.06. The summed E-state index contributed by atoms with van der Waals surface area (Å²) in [6.07, 6.45) is 1.47. The van der Waals surface area contributed by atoms with Gasteiger partial charge in [0.1, 0.15) is 5.78 Å². The predicted molar refractivity (Wildman–Crippen MR) is 59.1 cm³/mol. The van der Waals surface area contributed by atoms with E-state index in [2.05, 4.69) is 6.58 Å². The molecule has 82 valence electrons. The second kappa shape index (κ2) is 5.83. The Labute approximate surface area is 89.3 Å². The van der Waals surface area contributed by atoms with E-state index in [1.807, 2.05) is 6.07 Å². The quantitative estimate of drug-likeness (QED) is 0.459. The first kappa shape index (κ1) is 12.1. The van der Waals surface area contributed by atoms with Gasteiger partial charge in [-0.25, -0.2) is 0 Å². The van der Waals surface area contributed by atoms with Gasteiger partial charge in [0, 0.05) is 6.54 Å². The van der Waals surface area contributed by atoms with Crippen LogP contribution < -0.4 is 0 Å². The monoisotopic (exact) mass is 227 g/mol. The van der Waals surface area contributed by atoms with Crippen LogP contribution in [0.1, 0.15) is 11.3 Å². The van der Waals surface area contributed by atoms with Gasteiger partial charge in [-0.15, -0.1) is 6.58 Å². The van der Waals surface area contributed by atoms with Crippen molar-refractivity contribution < 1.29 is 14.7 Å². The Morgan fingerprint density at radius 1 is 1.47 bits per heavy atom. The molecule has 15 heavy (non-hydrogen) atoms. The topological polar surface area (TPSA) is 60.8 Å². The van der Waals surface area contributed by atoms with Crippen molar-refractivity contribution in [2.24, 2.45) is 0 Å². The summed E-state index contributed by atoms with van der Waals surface area (Å²) in [5.41, 5.74) is 0.619. The Morgan fingerprint density at radius 3 is 2.53 bits per heavy atom. The molecule has 0 radical (unpaired) electrons. The lowest BCUT2D eigenvalue weighted by atomic mass is 10.2. The molecule has 5 heteroatoms. The van der Waals surface area contributed by atoms with Crippen molar-refractivity contribution >= 4 is 8.03 Å². The summed E-state index contributed by atoms with van der Waals surface area (Å²) in [5, 5.41) is 10.4. The van der Waals surface area contributed by atoms with Crippen molar-refractivity contribution in [3.8, 4) is 0 Å². The molecular formula is C10H14NO3P. The van der Waals surface area contributed by atoms with Crippen LogP contribution in [0, 0.1) is 0 Å². The zero-order valence-electron chi connectivity index (χ0n) is 8.21. The van der Waals surface area contributed by atoms with E-state index in [1.165, 1.54) is 6.08 Å². The Bertz CT molecular complexity index is 342. The van der Waals surface area contributed by atoms with E-state index in [0.29, 0.717) is 5.56 Å². The molecule has 4 nitrogen and oxygen atoms in total. The first-order valence-electron chi connectivity index (χ1n) is 4.51. The third kappa shape index (κ3) is 3.29. The van der Waals surface area contributed by atoms with Gasteiger partial charge >= 0.3 is 0 Å². The van der Waals surface area contributed by atoms with E-state index in [0.717, 1.165) is 5.06 Å². The van der Waals surface area contributed by atoms with Crippen LogP contribution in [0.15, 0.2) is 43.0 Å². The van der Waals surface area contributed by atoms with E-state index in [-0.39, 0.29) is 6.54 Å². The van der Waals surface area contributed by atoms with Gasteiger partial charge < -0.3 is 10.1 Å². The van der Waals surface area contributed by atoms with Crippen LogP contribution in [-0.2, 0) is 4.57 Å². The minimum atomic E-state index is -2.87. The van der Waals surface area contributed by atoms with Crippen molar-refractivity contribution in [3.63, 3.8) is 0 Å². The minimum absolute atomic E-state index is 0.149. The molecule has 2 N–H and O–H groups in total. The van der Waals surface area contributed by atoms with E-state index in [9.17, 15) is 14.7 Å². The lowest BCUT2D eigenvalue weighted by Gasteiger charge is -2.22. The average Bonchev–Trinajstić information content (AvgIpc) is 2.19. The Balaban J connectivity index is 2.93. The zero-order chi connectivity index (χ0) is 11.3. The largest absolute Gasteiger partial charge is 0.345 e. The molecule has 0 spiro atoms. The Hall–Kier alpha value is -0.930. The summed E-state index contributed by atoms with van der Waals surface area (Å²) in [6, 6.07) is 8.74. The van der Waals surface area contributed by atoms with E-state index < -0.39 is 13.8 Å². The van der Waals surface area contributed by atoms with E-state index in [4.69, 9.17) is 0 Å². The molecule has 0 amide bonds. The first-order chi connectivity index (χ1) is 7.16. The van der Waals surface area contributed by atoms with E-state index in [1.54, 1.807) is 24.3 Å². The molecule has 2 atom stereocenters. The molecule has 0 aliphatic rings. The third-order valence-electron chi connectivity index (χ3n) is 1.96. The molecule has 0 aliphatic carbocycles. The molecular weight excluding hydrogens is 213 g/mol. The highest BCUT2D eigenvalue weighted by Gasteiger charge is 2.22. The fourth-order valence-electron chi connectivity index (χ4n) is 1.32. The normalized spacial score (nSPS) is 14.9. The molecule has 1 aromatic rings. The summed E-state index contributed by atoms with van der Waals surface area (Å²) in [6.45, 7) is 3.61. The lowest BCUT2D eigenvalue weighted by molar-refractivity contribution is -0.0960. The van der Waals surface area contributed by atoms with Crippen LogP contribution >= 0.6 is 8.03 Å². The van der Waals surface area contributed by atoms with Gasteiger partial charge in [0.2, 0.25) is 8.03 Å². The van der Waals surface area contributed by atoms with Gasteiger partial charge in [-0.3, -0.25) is 4.57 Å². The molecule has 2 unspecified atom stereocenters. The van der Waals surface area contributed by atoms with Gasteiger partial charge in [0.05, 0.1) is 0 Å². The summed E-state index contributed by atoms with van der Waals surface area (Å²) >= 11 is 0. The highest BCUT2D eigenvalue weighted by atomic mass is 31.1. The fourth-order valence-corrected chi connectivity index (χ4v) is 2.15. The third-order valence-corrected chi connectivity index (χ3v) is 3.06. The van der Waals surface area contributed by atoms with Gasteiger partial charge in [-0.2, -0.15) is 5.06 Å². The second-order valence-corrected chi connectivity index (χ2v) is 4.29. The molecule has 0 heterocycles. The van der Waals surface area contributed by atoms with Crippen molar-refractivity contribution in [2.75, 3.05) is 6.54 Å². The molecule has 0 aromatic heterocycles. The van der Waals surface area contributed by atoms with E-state index >= 15 is 0 Å².